The molecule has 0 aliphatic carbocycles. The van der Waals surface area contributed by atoms with E-state index in [4.69, 9.17) is 5.73 Å². The van der Waals surface area contributed by atoms with Crippen molar-refractivity contribution in [1.82, 2.24) is 10.2 Å². The molecule has 0 unspecified atom stereocenters. The number of thioether (sulfide) groups is 2. The second-order valence-corrected chi connectivity index (χ2v) is 9.28. The second kappa shape index (κ2) is 8.67. The first-order valence-electron chi connectivity index (χ1n) is 6.82. The zero-order valence-corrected chi connectivity index (χ0v) is 15.8. The zero-order valence-electron chi connectivity index (χ0n) is 12.6. The summed E-state index contributed by atoms with van der Waals surface area (Å²) in [5, 5.41) is 12.8. The van der Waals surface area contributed by atoms with E-state index in [-0.39, 0.29) is 11.2 Å². The smallest absolute Gasteiger partial charge is 0.251 e. The molecule has 3 N–H and O–H groups in total. The number of hydrogen-bond donors (Lipinski definition) is 2. The van der Waals surface area contributed by atoms with Gasteiger partial charge in [-0.15, -0.1) is 21.5 Å². The van der Waals surface area contributed by atoms with Gasteiger partial charge in [-0.1, -0.05) is 41.8 Å². The fourth-order valence-electron chi connectivity index (χ4n) is 1.51. The molecule has 6 nitrogen and oxygen atoms in total. The molecule has 0 saturated carbocycles. The van der Waals surface area contributed by atoms with Crippen LogP contribution in [-0.4, -0.2) is 33.0 Å². The molecule has 23 heavy (non-hydrogen) atoms. The molecule has 2 aromatic heterocycles. The van der Waals surface area contributed by atoms with Crippen LogP contribution in [0.4, 0.5) is 5.00 Å². The lowest BCUT2D eigenvalue weighted by molar-refractivity contribution is -0.115. The Labute approximate surface area is 150 Å². The highest BCUT2D eigenvalue weighted by molar-refractivity contribution is 8.03. The number of nitrogens with zero attached hydrogens (tertiary/aromatic N) is 2. The number of anilines is 1. The van der Waals surface area contributed by atoms with E-state index in [1.165, 1.54) is 34.4 Å². The van der Waals surface area contributed by atoms with Crippen molar-refractivity contribution in [3.8, 4) is 0 Å². The number of rotatable bonds is 8. The van der Waals surface area contributed by atoms with Crippen molar-refractivity contribution in [3.05, 3.63) is 17.0 Å². The van der Waals surface area contributed by atoms with E-state index in [0.717, 1.165) is 20.9 Å². The third-order valence-corrected chi connectivity index (χ3v) is 6.91. The number of thiophene rings is 1. The standard InChI is InChI=1S/C13H16N4O2S4/c1-3-5-21-12-16-17-13(23-12)22-7(2)10(19)15-11-8(9(14)18)4-6-20-11/h4,6-7H,3,5H2,1-2H3,(H2,14,18)(H,15,19)/t7-/m0/s1. The fraction of sp³-hybridized carbons (Fsp3) is 0.385. The van der Waals surface area contributed by atoms with E-state index in [1.54, 1.807) is 30.1 Å². The van der Waals surface area contributed by atoms with Gasteiger partial charge < -0.3 is 11.1 Å². The molecule has 0 spiro atoms. The van der Waals surface area contributed by atoms with Gasteiger partial charge in [0.05, 0.1) is 10.8 Å². The summed E-state index contributed by atoms with van der Waals surface area (Å²) in [7, 11) is 0. The van der Waals surface area contributed by atoms with Crippen molar-refractivity contribution in [2.24, 2.45) is 5.73 Å². The Morgan fingerprint density at radius 2 is 2.13 bits per heavy atom. The molecule has 0 radical (unpaired) electrons. The van der Waals surface area contributed by atoms with Gasteiger partial charge in [0.1, 0.15) is 5.00 Å². The average Bonchev–Trinajstić information content (AvgIpc) is 3.14. The highest BCUT2D eigenvalue weighted by Crippen LogP contribution is 2.32. The van der Waals surface area contributed by atoms with Crippen LogP contribution < -0.4 is 11.1 Å². The maximum absolute atomic E-state index is 12.2. The van der Waals surface area contributed by atoms with Gasteiger partial charge in [-0.25, -0.2) is 0 Å². The Morgan fingerprint density at radius 3 is 2.83 bits per heavy atom. The van der Waals surface area contributed by atoms with Crippen molar-refractivity contribution < 1.29 is 9.59 Å². The lowest BCUT2D eigenvalue weighted by Gasteiger charge is -2.09. The van der Waals surface area contributed by atoms with Gasteiger partial charge in [0.25, 0.3) is 5.91 Å². The van der Waals surface area contributed by atoms with Crippen molar-refractivity contribution >= 4 is 63.0 Å². The topological polar surface area (TPSA) is 98.0 Å². The summed E-state index contributed by atoms with van der Waals surface area (Å²) in [5.41, 5.74) is 5.60. The van der Waals surface area contributed by atoms with Crippen LogP contribution in [0.3, 0.4) is 0 Å². The van der Waals surface area contributed by atoms with E-state index in [1.807, 2.05) is 0 Å². The average molecular weight is 389 g/mol. The number of hydrogen-bond acceptors (Lipinski definition) is 8. The van der Waals surface area contributed by atoms with E-state index in [9.17, 15) is 9.59 Å². The monoisotopic (exact) mass is 388 g/mol. The highest BCUT2D eigenvalue weighted by atomic mass is 32.2. The third kappa shape index (κ3) is 5.20. The second-order valence-electron chi connectivity index (χ2n) is 4.46. The Balaban J connectivity index is 1.93. The SMILES string of the molecule is CCCSc1nnc(S[C@@H](C)C(=O)Nc2sccc2C(N)=O)s1. The quantitative estimate of drug-likeness (QED) is 0.673. The molecular formula is C13H16N4O2S4. The number of nitrogens with two attached hydrogens (primary N) is 1. The molecule has 0 aromatic carbocycles. The summed E-state index contributed by atoms with van der Waals surface area (Å²) < 4.78 is 1.67. The number of aromatic nitrogens is 2. The van der Waals surface area contributed by atoms with Crippen LogP contribution in [-0.2, 0) is 4.79 Å². The van der Waals surface area contributed by atoms with Gasteiger partial charge >= 0.3 is 0 Å². The molecule has 1 atom stereocenters. The predicted octanol–water partition coefficient (Wildman–Crippen LogP) is 3.32. The van der Waals surface area contributed by atoms with Gasteiger partial charge in [0.2, 0.25) is 5.91 Å². The normalized spacial score (nSPS) is 12.1. The van der Waals surface area contributed by atoms with Crippen LogP contribution in [0, 0.1) is 0 Å². The Morgan fingerprint density at radius 1 is 1.39 bits per heavy atom. The fourth-order valence-corrected chi connectivity index (χ4v) is 5.40. The van der Waals surface area contributed by atoms with Crippen LogP contribution in [0.15, 0.2) is 20.1 Å². The lowest BCUT2D eigenvalue weighted by atomic mass is 10.3. The third-order valence-electron chi connectivity index (χ3n) is 2.63. The van der Waals surface area contributed by atoms with Crippen molar-refractivity contribution in [2.75, 3.05) is 11.1 Å². The molecular weight excluding hydrogens is 372 g/mol. The van der Waals surface area contributed by atoms with Crippen LogP contribution in [0.1, 0.15) is 30.6 Å². The molecule has 2 amide bonds. The molecule has 10 heteroatoms. The summed E-state index contributed by atoms with van der Waals surface area (Å²) in [6.45, 7) is 3.90. The minimum Gasteiger partial charge on any atom is -0.366 e. The van der Waals surface area contributed by atoms with Gasteiger partial charge in [0, 0.05) is 5.75 Å². The van der Waals surface area contributed by atoms with Gasteiger partial charge in [-0.3, -0.25) is 9.59 Å². The van der Waals surface area contributed by atoms with Gasteiger partial charge in [0.15, 0.2) is 8.68 Å². The van der Waals surface area contributed by atoms with Crippen LogP contribution in [0.2, 0.25) is 0 Å². The number of carbonyl (C=O) groups is 2. The molecule has 2 rings (SSSR count). The molecule has 0 bridgehead atoms. The van der Waals surface area contributed by atoms with Crippen LogP contribution >= 0.6 is 46.2 Å². The summed E-state index contributed by atoms with van der Waals surface area (Å²) >= 11 is 5.78. The summed E-state index contributed by atoms with van der Waals surface area (Å²) in [6.07, 6.45) is 1.08. The first kappa shape index (κ1) is 18.2. The summed E-state index contributed by atoms with van der Waals surface area (Å²) in [4.78, 5) is 23.5. The predicted molar refractivity (Wildman–Crippen MR) is 97.7 cm³/mol. The molecule has 0 saturated heterocycles. The lowest BCUT2D eigenvalue weighted by Crippen LogP contribution is -2.23. The van der Waals surface area contributed by atoms with Crippen molar-refractivity contribution in [2.45, 2.75) is 34.2 Å². The maximum atomic E-state index is 12.2. The minimum atomic E-state index is -0.552. The van der Waals surface area contributed by atoms with Gasteiger partial charge in [-0.2, -0.15) is 0 Å². The first-order valence-corrected chi connectivity index (χ1v) is 10.4. The van der Waals surface area contributed by atoms with Crippen molar-refractivity contribution in [3.63, 3.8) is 0 Å². The van der Waals surface area contributed by atoms with E-state index < -0.39 is 5.91 Å². The summed E-state index contributed by atoms with van der Waals surface area (Å²) in [5.74, 6) is 0.255. The Bertz CT molecular complexity index is 685. The number of carbonyl (C=O) groups excluding carboxylic acids is 2. The maximum Gasteiger partial charge on any atom is 0.251 e. The van der Waals surface area contributed by atoms with Crippen LogP contribution in [0.25, 0.3) is 0 Å². The number of primary amides is 1. The zero-order chi connectivity index (χ0) is 16.8. The summed E-state index contributed by atoms with van der Waals surface area (Å²) in [6, 6.07) is 1.60. The minimum absolute atomic E-state index is 0.196. The molecule has 0 fully saturated rings. The molecule has 2 aromatic rings. The largest absolute Gasteiger partial charge is 0.366 e. The van der Waals surface area contributed by atoms with Gasteiger partial charge in [-0.05, 0) is 24.8 Å². The molecule has 0 aliphatic rings. The molecule has 0 aliphatic heterocycles. The van der Waals surface area contributed by atoms with Crippen molar-refractivity contribution in [1.29, 1.82) is 0 Å². The number of amides is 2. The van der Waals surface area contributed by atoms with E-state index in [2.05, 4.69) is 22.4 Å². The molecule has 124 valence electrons. The Hall–Kier alpha value is -1.10. The van der Waals surface area contributed by atoms with E-state index >= 15 is 0 Å². The van der Waals surface area contributed by atoms with Crippen LogP contribution in [0.5, 0.6) is 0 Å². The Kier molecular flexibility index (Phi) is 6.88. The molecule has 2 heterocycles. The van der Waals surface area contributed by atoms with E-state index in [0.29, 0.717) is 10.6 Å². The first-order chi connectivity index (χ1) is 11.0. The number of nitrogens with one attached hydrogen (secondary N) is 1. The highest BCUT2D eigenvalue weighted by Gasteiger charge is 2.20.